The first kappa shape index (κ1) is 14.0. The van der Waals surface area contributed by atoms with Crippen LogP contribution in [-0.2, 0) is 0 Å². The molecule has 0 N–H and O–H groups in total. The fraction of sp³-hybridized carbons (Fsp3) is 0.200. The number of rotatable bonds is 5. The Kier molecular flexibility index (Phi) is 3.95. The summed E-state index contributed by atoms with van der Waals surface area (Å²) in [6.07, 6.45) is 2.95. The maximum Gasteiger partial charge on any atom is 0.325 e. The minimum absolute atomic E-state index is 0.236. The van der Waals surface area contributed by atoms with Crippen LogP contribution in [-0.4, -0.2) is 26.8 Å². The fourth-order valence-corrected chi connectivity index (χ4v) is 1.81. The van der Waals surface area contributed by atoms with Crippen molar-refractivity contribution in [3.05, 3.63) is 42.4 Å². The van der Waals surface area contributed by atoms with Crippen molar-refractivity contribution in [2.45, 2.75) is 13.8 Å². The fourth-order valence-electron chi connectivity index (χ4n) is 1.81. The maximum atomic E-state index is 5.62. The zero-order chi connectivity index (χ0) is 15.4. The Morgan fingerprint density at radius 1 is 1.18 bits per heavy atom. The van der Waals surface area contributed by atoms with Crippen LogP contribution in [0, 0.1) is 6.92 Å². The molecule has 0 unspecified atom stereocenters. The first-order valence-electron chi connectivity index (χ1n) is 6.77. The van der Waals surface area contributed by atoms with E-state index < -0.39 is 0 Å². The van der Waals surface area contributed by atoms with Crippen LogP contribution in [0.5, 0.6) is 17.6 Å². The molecule has 2 heterocycles. The summed E-state index contributed by atoms with van der Waals surface area (Å²) in [7, 11) is 0. The Morgan fingerprint density at radius 3 is 2.68 bits per heavy atom. The van der Waals surface area contributed by atoms with Crippen molar-refractivity contribution in [2.75, 3.05) is 6.61 Å². The third-order valence-corrected chi connectivity index (χ3v) is 2.85. The Hall–Kier alpha value is -2.96. The molecule has 3 aromatic rings. The number of aromatic nitrogens is 4. The van der Waals surface area contributed by atoms with Crippen LogP contribution < -0.4 is 9.47 Å². The van der Waals surface area contributed by atoms with Crippen LogP contribution in [0.4, 0.5) is 0 Å². The Morgan fingerprint density at radius 2 is 2.00 bits per heavy atom. The molecule has 2 aromatic heterocycles. The summed E-state index contributed by atoms with van der Waals surface area (Å²) in [5.41, 5.74) is 1.67. The van der Waals surface area contributed by atoms with E-state index in [1.165, 1.54) is 6.39 Å². The van der Waals surface area contributed by atoms with Gasteiger partial charge >= 0.3 is 6.01 Å². The highest BCUT2D eigenvalue weighted by molar-refractivity contribution is 5.53. The molecule has 1 aromatic carbocycles. The lowest BCUT2D eigenvalue weighted by Crippen LogP contribution is -2.00. The average molecular weight is 298 g/mol. The monoisotopic (exact) mass is 298 g/mol. The lowest BCUT2D eigenvalue weighted by Gasteiger charge is -2.08. The van der Waals surface area contributed by atoms with E-state index in [1.54, 1.807) is 18.3 Å². The summed E-state index contributed by atoms with van der Waals surface area (Å²) in [6.45, 7) is 4.32. The van der Waals surface area contributed by atoms with E-state index in [1.807, 2.05) is 26.0 Å². The molecule has 7 nitrogen and oxygen atoms in total. The van der Waals surface area contributed by atoms with Crippen molar-refractivity contribution in [2.24, 2.45) is 0 Å². The molecular weight excluding hydrogens is 284 g/mol. The van der Waals surface area contributed by atoms with Gasteiger partial charge < -0.3 is 13.9 Å². The van der Waals surface area contributed by atoms with E-state index >= 15 is 0 Å². The Labute approximate surface area is 127 Å². The Balaban J connectivity index is 1.77. The van der Waals surface area contributed by atoms with Gasteiger partial charge in [-0.3, -0.25) is 0 Å². The molecule has 0 radical (unpaired) electrons. The number of nitrogens with zero attached hydrogens (tertiary/aromatic N) is 4. The largest absolute Gasteiger partial charge is 0.478 e. The number of hydrogen-bond acceptors (Lipinski definition) is 7. The molecule has 112 valence electrons. The molecule has 0 fully saturated rings. The summed E-state index contributed by atoms with van der Waals surface area (Å²) in [5.74, 6) is 1.58. The first-order chi connectivity index (χ1) is 10.8. The summed E-state index contributed by atoms with van der Waals surface area (Å²) in [5, 5.41) is 7.49. The lowest BCUT2D eigenvalue weighted by molar-refractivity contribution is 0.315. The van der Waals surface area contributed by atoms with Gasteiger partial charge in [-0.15, -0.1) is 10.2 Å². The van der Waals surface area contributed by atoms with Crippen molar-refractivity contribution in [3.63, 3.8) is 0 Å². The second-order valence-electron chi connectivity index (χ2n) is 4.44. The van der Waals surface area contributed by atoms with Gasteiger partial charge in [0.25, 0.3) is 0 Å². The topological polar surface area (TPSA) is 83.2 Å². The smallest absolute Gasteiger partial charge is 0.325 e. The number of benzene rings is 1. The van der Waals surface area contributed by atoms with Crippen LogP contribution in [0.2, 0.25) is 0 Å². The average Bonchev–Trinajstić information content (AvgIpc) is 3.06. The number of aryl methyl sites for hydroxylation is 1. The predicted molar refractivity (Wildman–Crippen MR) is 77.7 cm³/mol. The second kappa shape index (κ2) is 6.21. The van der Waals surface area contributed by atoms with Gasteiger partial charge in [0.05, 0.1) is 6.61 Å². The van der Waals surface area contributed by atoms with Gasteiger partial charge in [-0.05, 0) is 38.1 Å². The zero-order valence-electron chi connectivity index (χ0n) is 12.2. The summed E-state index contributed by atoms with van der Waals surface area (Å²) < 4.78 is 16.2. The molecule has 0 aliphatic carbocycles. The predicted octanol–water partition coefficient (Wildman–Crippen LogP) is 3.03. The van der Waals surface area contributed by atoms with Gasteiger partial charge in [-0.1, -0.05) is 0 Å². The summed E-state index contributed by atoms with van der Waals surface area (Å²) in [4.78, 5) is 8.37. The highest BCUT2D eigenvalue weighted by atomic mass is 16.5. The molecule has 0 saturated heterocycles. The molecule has 0 amide bonds. The molecule has 3 rings (SSSR count). The molecule has 0 spiro atoms. The number of hydrogen-bond donors (Lipinski definition) is 0. The number of ether oxygens (including phenoxy) is 2. The van der Waals surface area contributed by atoms with E-state index in [2.05, 4.69) is 20.2 Å². The highest BCUT2D eigenvalue weighted by Gasteiger charge is 2.08. The molecule has 0 atom stereocenters. The third-order valence-electron chi connectivity index (χ3n) is 2.85. The van der Waals surface area contributed by atoms with Crippen molar-refractivity contribution in [1.29, 1.82) is 0 Å². The lowest BCUT2D eigenvalue weighted by atomic mass is 10.2. The zero-order valence-corrected chi connectivity index (χ0v) is 12.2. The van der Waals surface area contributed by atoms with Crippen LogP contribution in [0.1, 0.15) is 12.5 Å². The first-order valence-corrected chi connectivity index (χ1v) is 6.77. The van der Waals surface area contributed by atoms with Gasteiger partial charge in [-0.25, -0.2) is 4.98 Å². The second-order valence-corrected chi connectivity index (χ2v) is 4.44. The summed E-state index contributed by atoms with van der Waals surface area (Å²) >= 11 is 0. The van der Waals surface area contributed by atoms with Crippen LogP contribution >= 0.6 is 0 Å². The highest BCUT2D eigenvalue weighted by Crippen LogP contribution is 2.24. The van der Waals surface area contributed by atoms with Gasteiger partial charge in [0.15, 0.2) is 0 Å². The van der Waals surface area contributed by atoms with Gasteiger partial charge in [0.1, 0.15) is 5.75 Å². The van der Waals surface area contributed by atoms with E-state index in [0.717, 1.165) is 11.1 Å². The van der Waals surface area contributed by atoms with Crippen molar-refractivity contribution < 1.29 is 13.9 Å². The maximum absolute atomic E-state index is 5.62. The van der Waals surface area contributed by atoms with Gasteiger partial charge in [0, 0.05) is 17.3 Å². The van der Waals surface area contributed by atoms with E-state index in [9.17, 15) is 0 Å². The van der Waals surface area contributed by atoms with Gasteiger partial charge in [-0.2, -0.15) is 4.98 Å². The summed E-state index contributed by atoms with van der Waals surface area (Å²) in [6, 6.07) is 7.44. The van der Waals surface area contributed by atoms with E-state index in [4.69, 9.17) is 13.9 Å². The van der Waals surface area contributed by atoms with E-state index in [0.29, 0.717) is 24.1 Å². The van der Waals surface area contributed by atoms with Gasteiger partial charge in [0.2, 0.25) is 18.2 Å². The van der Waals surface area contributed by atoms with Crippen LogP contribution in [0.25, 0.3) is 11.5 Å². The molecule has 0 saturated carbocycles. The molecule has 0 bridgehead atoms. The van der Waals surface area contributed by atoms with Crippen molar-refractivity contribution in [1.82, 2.24) is 20.2 Å². The molecule has 7 heteroatoms. The van der Waals surface area contributed by atoms with E-state index in [-0.39, 0.29) is 6.01 Å². The SMILES string of the molecule is CCOc1nc(Oc2ccc(-c3nnco3)cc2)ncc1C. The van der Waals surface area contributed by atoms with Crippen molar-refractivity contribution >= 4 is 0 Å². The molecule has 0 aliphatic rings. The molecule has 0 aliphatic heterocycles. The molecular formula is C15H14N4O3. The molecule has 22 heavy (non-hydrogen) atoms. The standard InChI is InChI=1S/C15H14N4O3/c1-3-20-13-10(2)8-16-15(18-13)22-12-6-4-11(5-7-12)14-19-17-9-21-14/h4-9H,3H2,1-2H3. The van der Waals surface area contributed by atoms with Crippen molar-refractivity contribution in [3.8, 4) is 29.1 Å². The van der Waals surface area contributed by atoms with Crippen LogP contribution in [0.3, 0.4) is 0 Å². The Bertz CT molecular complexity index is 742. The minimum Gasteiger partial charge on any atom is -0.478 e. The third kappa shape index (κ3) is 3.03. The van der Waals surface area contributed by atoms with Crippen LogP contribution in [0.15, 0.2) is 41.3 Å². The normalized spacial score (nSPS) is 10.5. The minimum atomic E-state index is 0.236. The quantitative estimate of drug-likeness (QED) is 0.715.